The van der Waals surface area contributed by atoms with Gasteiger partial charge >= 0.3 is 6.03 Å². The number of sulfonamides is 1. The quantitative estimate of drug-likeness (QED) is 0.493. The van der Waals surface area contributed by atoms with Crippen molar-refractivity contribution in [1.82, 2.24) is 19.4 Å². The molecule has 0 unspecified atom stereocenters. The van der Waals surface area contributed by atoms with E-state index in [9.17, 15) is 18.0 Å². The van der Waals surface area contributed by atoms with Crippen LogP contribution in [-0.2, 0) is 10.0 Å². The first-order valence-corrected chi connectivity index (χ1v) is 11.3. The van der Waals surface area contributed by atoms with E-state index >= 15 is 0 Å². The molecule has 0 spiro atoms. The minimum absolute atomic E-state index is 0.0840. The second-order valence-electron chi connectivity index (χ2n) is 6.35. The van der Waals surface area contributed by atoms with E-state index in [0.29, 0.717) is 12.2 Å². The van der Waals surface area contributed by atoms with Crippen molar-refractivity contribution in [2.45, 2.75) is 31.6 Å². The predicted molar refractivity (Wildman–Crippen MR) is 111 cm³/mol. The number of carbonyl (C=O) groups excluding carboxylic acids is 2. The number of hydrogen-bond donors (Lipinski definition) is 3. The van der Waals surface area contributed by atoms with E-state index in [1.807, 2.05) is 28.4 Å². The highest BCUT2D eigenvalue weighted by molar-refractivity contribution is 7.90. The molecule has 0 aliphatic heterocycles. The van der Waals surface area contributed by atoms with Crippen LogP contribution in [0, 0.1) is 6.92 Å². The summed E-state index contributed by atoms with van der Waals surface area (Å²) in [6.07, 6.45) is 3.30. The van der Waals surface area contributed by atoms with Crippen LogP contribution < -0.4 is 15.4 Å². The van der Waals surface area contributed by atoms with Crippen LogP contribution in [-0.4, -0.2) is 36.3 Å². The average molecular weight is 436 g/mol. The lowest BCUT2D eigenvalue weighted by molar-refractivity contribution is 0.102. The van der Waals surface area contributed by atoms with Gasteiger partial charge in [-0.2, -0.15) is 0 Å². The molecule has 0 aliphatic rings. The van der Waals surface area contributed by atoms with Gasteiger partial charge in [-0.3, -0.25) is 9.20 Å². The first-order valence-electron chi connectivity index (χ1n) is 8.95. The van der Waals surface area contributed by atoms with E-state index in [1.54, 1.807) is 6.20 Å². The van der Waals surface area contributed by atoms with Gasteiger partial charge in [-0.25, -0.2) is 22.9 Å². The third kappa shape index (κ3) is 4.93. The summed E-state index contributed by atoms with van der Waals surface area (Å²) in [5, 5.41) is 7.11. The Morgan fingerprint density at radius 1 is 1.21 bits per heavy atom. The maximum Gasteiger partial charge on any atom is 0.328 e. The van der Waals surface area contributed by atoms with E-state index in [0.717, 1.165) is 23.5 Å². The highest BCUT2D eigenvalue weighted by atomic mass is 32.2. The Hall–Kier alpha value is -2.92. The van der Waals surface area contributed by atoms with Crippen molar-refractivity contribution in [3.8, 4) is 0 Å². The van der Waals surface area contributed by atoms with E-state index in [-0.39, 0.29) is 10.6 Å². The number of urea groups is 1. The van der Waals surface area contributed by atoms with Gasteiger partial charge in [0.2, 0.25) is 0 Å². The van der Waals surface area contributed by atoms with Gasteiger partial charge in [0, 0.05) is 29.5 Å². The predicted octanol–water partition coefficient (Wildman–Crippen LogP) is 2.74. The Morgan fingerprint density at radius 2 is 1.93 bits per heavy atom. The van der Waals surface area contributed by atoms with Crippen LogP contribution in [0.2, 0.25) is 0 Å². The monoisotopic (exact) mass is 435 g/mol. The molecule has 154 valence electrons. The van der Waals surface area contributed by atoms with Crippen molar-refractivity contribution in [1.29, 1.82) is 0 Å². The van der Waals surface area contributed by atoms with Gasteiger partial charge in [0.15, 0.2) is 4.96 Å². The Labute approximate surface area is 172 Å². The van der Waals surface area contributed by atoms with Gasteiger partial charge in [-0.1, -0.05) is 13.3 Å². The minimum Gasteiger partial charge on any atom is -0.337 e. The molecule has 0 saturated heterocycles. The number of hydrogen-bond acceptors (Lipinski definition) is 6. The number of fused-ring (bicyclic) bond motifs is 1. The van der Waals surface area contributed by atoms with Crippen LogP contribution in [0.5, 0.6) is 0 Å². The smallest absolute Gasteiger partial charge is 0.328 e. The molecule has 2 aromatic heterocycles. The lowest BCUT2D eigenvalue weighted by atomic mass is 10.3. The second kappa shape index (κ2) is 8.62. The van der Waals surface area contributed by atoms with Gasteiger partial charge < -0.3 is 10.6 Å². The van der Waals surface area contributed by atoms with Crippen molar-refractivity contribution in [2.75, 3.05) is 11.9 Å². The summed E-state index contributed by atoms with van der Waals surface area (Å²) in [5.74, 6) is -0.399. The van der Waals surface area contributed by atoms with Crippen molar-refractivity contribution >= 4 is 43.9 Å². The first-order chi connectivity index (χ1) is 13.8. The van der Waals surface area contributed by atoms with Crippen molar-refractivity contribution in [3.05, 3.63) is 47.2 Å². The number of amides is 3. The van der Waals surface area contributed by atoms with Crippen molar-refractivity contribution in [2.24, 2.45) is 0 Å². The fourth-order valence-electron chi connectivity index (χ4n) is 2.51. The first kappa shape index (κ1) is 20.8. The number of imidazole rings is 1. The minimum atomic E-state index is -4.00. The zero-order valence-corrected chi connectivity index (χ0v) is 17.6. The SMILES string of the molecule is CCCCNC(=O)NS(=O)(=O)c1ccc(NC(=O)c2cn3c(C)csc3n2)cc1. The summed E-state index contributed by atoms with van der Waals surface area (Å²) < 4.78 is 28.3. The van der Waals surface area contributed by atoms with Crippen LogP contribution in [0.25, 0.3) is 4.96 Å². The van der Waals surface area contributed by atoms with Gasteiger partial charge in [-0.05, 0) is 37.6 Å². The van der Waals surface area contributed by atoms with E-state index in [1.165, 1.54) is 35.6 Å². The molecule has 9 nitrogen and oxygen atoms in total. The molecule has 1 aromatic carbocycles. The topological polar surface area (TPSA) is 122 Å². The number of aromatic nitrogens is 2. The van der Waals surface area contributed by atoms with Crippen molar-refractivity contribution < 1.29 is 18.0 Å². The number of thiazole rings is 1. The number of aryl methyl sites for hydroxylation is 1. The molecule has 0 radical (unpaired) electrons. The molecule has 0 bridgehead atoms. The number of nitrogens with zero attached hydrogens (tertiary/aromatic N) is 2. The van der Waals surface area contributed by atoms with Crippen LogP contribution in [0.3, 0.4) is 0 Å². The maximum absolute atomic E-state index is 12.4. The van der Waals surface area contributed by atoms with Gasteiger partial charge in [0.05, 0.1) is 4.90 Å². The molecule has 11 heteroatoms. The maximum atomic E-state index is 12.4. The van der Waals surface area contributed by atoms with E-state index < -0.39 is 22.0 Å². The Kier molecular flexibility index (Phi) is 6.18. The van der Waals surface area contributed by atoms with Crippen LogP contribution in [0.1, 0.15) is 35.9 Å². The summed E-state index contributed by atoms with van der Waals surface area (Å²) in [7, 11) is -4.00. The third-order valence-corrected chi connectivity index (χ3v) is 6.39. The van der Waals surface area contributed by atoms with Crippen LogP contribution in [0.15, 0.2) is 40.7 Å². The summed E-state index contributed by atoms with van der Waals surface area (Å²) >= 11 is 1.44. The number of nitrogens with one attached hydrogen (secondary N) is 3. The second-order valence-corrected chi connectivity index (χ2v) is 8.87. The van der Waals surface area contributed by atoms with Crippen LogP contribution in [0.4, 0.5) is 10.5 Å². The largest absolute Gasteiger partial charge is 0.337 e. The fraction of sp³-hybridized carbons (Fsp3) is 0.278. The van der Waals surface area contributed by atoms with Crippen molar-refractivity contribution in [3.63, 3.8) is 0 Å². The molecule has 3 rings (SSSR count). The molecule has 0 saturated carbocycles. The highest BCUT2D eigenvalue weighted by Gasteiger charge is 2.18. The molecule has 2 heterocycles. The lowest BCUT2D eigenvalue weighted by Gasteiger charge is -2.09. The zero-order valence-electron chi connectivity index (χ0n) is 15.9. The molecular weight excluding hydrogens is 414 g/mol. The summed E-state index contributed by atoms with van der Waals surface area (Å²) in [4.78, 5) is 29.0. The number of benzene rings is 1. The summed E-state index contributed by atoms with van der Waals surface area (Å²) in [6, 6.07) is 4.75. The number of carbonyl (C=O) groups is 2. The Bertz CT molecular complexity index is 1130. The molecule has 3 aromatic rings. The Balaban J connectivity index is 1.64. The molecule has 0 aliphatic carbocycles. The zero-order chi connectivity index (χ0) is 21.0. The number of anilines is 1. The number of unbranched alkanes of at least 4 members (excludes halogenated alkanes) is 1. The lowest BCUT2D eigenvalue weighted by Crippen LogP contribution is -2.39. The molecule has 29 heavy (non-hydrogen) atoms. The molecular formula is C18H21N5O4S2. The normalized spacial score (nSPS) is 11.4. The Morgan fingerprint density at radius 3 is 2.59 bits per heavy atom. The van der Waals surface area contributed by atoms with Gasteiger partial charge in [-0.15, -0.1) is 11.3 Å². The van der Waals surface area contributed by atoms with E-state index in [4.69, 9.17) is 0 Å². The summed E-state index contributed by atoms with van der Waals surface area (Å²) in [5.41, 5.74) is 1.66. The molecule has 0 atom stereocenters. The molecule has 3 N–H and O–H groups in total. The molecule has 3 amide bonds. The number of rotatable bonds is 7. The summed E-state index contributed by atoms with van der Waals surface area (Å²) in [6.45, 7) is 4.28. The standard InChI is InChI=1S/C18H21N5O4S2/c1-3-4-9-19-17(25)22-29(26,27)14-7-5-13(6-8-14)20-16(24)15-10-23-12(2)11-28-18(23)21-15/h5-8,10-11H,3-4,9H2,1-2H3,(H,20,24)(H2,19,22,25). The fourth-order valence-corrected chi connectivity index (χ4v) is 4.29. The van der Waals surface area contributed by atoms with E-state index in [2.05, 4.69) is 15.6 Å². The molecule has 0 fully saturated rings. The van der Waals surface area contributed by atoms with Gasteiger partial charge in [0.25, 0.3) is 15.9 Å². The third-order valence-electron chi connectivity index (χ3n) is 4.09. The van der Waals surface area contributed by atoms with Crippen LogP contribution >= 0.6 is 11.3 Å². The van der Waals surface area contributed by atoms with Gasteiger partial charge in [0.1, 0.15) is 5.69 Å². The average Bonchev–Trinajstić information content (AvgIpc) is 3.24. The highest BCUT2D eigenvalue weighted by Crippen LogP contribution is 2.18.